The first-order chi connectivity index (χ1) is 7.91. The van der Waals surface area contributed by atoms with Gasteiger partial charge in [0.25, 0.3) is 0 Å². The van der Waals surface area contributed by atoms with Gasteiger partial charge in [0.15, 0.2) is 6.61 Å². The molecule has 0 aromatic rings. The van der Waals surface area contributed by atoms with Gasteiger partial charge in [-0.05, 0) is 18.8 Å². The fourth-order valence-corrected chi connectivity index (χ4v) is 2.11. The second kappa shape index (κ2) is 5.62. The molecule has 96 valence electrons. The van der Waals surface area contributed by atoms with Crippen molar-refractivity contribution in [2.75, 3.05) is 6.61 Å². The molecule has 1 rings (SSSR count). The predicted molar refractivity (Wildman–Crippen MR) is 56.3 cm³/mol. The van der Waals surface area contributed by atoms with Crippen LogP contribution in [-0.2, 0) is 19.2 Å². The van der Waals surface area contributed by atoms with Crippen molar-refractivity contribution in [2.24, 2.45) is 23.5 Å². The zero-order valence-electron chi connectivity index (χ0n) is 9.51. The van der Waals surface area contributed by atoms with E-state index in [9.17, 15) is 14.4 Å². The van der Waals surface area contributed by atoms with Gasteiger partial charge in [-0.2, -0.15) is 0 Å². The van der Waals surface area contributed by atoms with Gasteiger partial charge in [0, 0.05) is 0 Å². The number of carboxylic acid groups (broad SMARTS) is 1. The zero-order chi connectivity index (χ0) is 13.0. The molecule has 1 saturated carbocycles. The maximum absolute atomic E-state index is 11.6. The predicted octanol–water partition coefficient (Wildman–Crippen LogP) is -0.734. The van der Waals surface area contributed by atoms with E-state index in [1.807, 2.05) is 6.92 Å². The number of rotatable bonds is 5. The minimum absolute atomic E-state index is 0.183. The largest absolute Gasteiger partial charge is 0.481 e. The quantitative estimate of drug-likeness (QED) is 0.551. The van der Waals surface area contributed by atoms with Crippen molar-refractivity contribution >= 4 is 17.8 Å². The molecule has 17 heavy (non-hydrogen) atoms. The monoisotopic (exact) mass is 244 g/mol. The number of hydrogen-bond donors (Lipinski definition) is 3. The number of hydrogen-bond acceptors (Lipinski definition) is 4. The van der Waals surface area contributed by atoms with Crippen molar-refractivity contribution in [1.29, 1.82) is 0 Å². The molecule has 0 bridgehead atoms. The number of carbonyl (C=O) groups excluding carboxylic acids is 2. The van der Waals surface area contributed by atoms with E-state index in [1.54, 1.807) is 0 Å². The lowest BCUT2D eigenvalue weighted by molar-refractivity contribution is -0.150. The third-order valence-corrected chi connectivity index (χ3v) is 2.84. The smallest absolute Gasteiger partial charge is 0.307 e. The highest BCUT2D eigenvalue weighted by atomic mass is 16.7. The van der Waals surface area contributed by atoms with Crippen molar-refractivity contribution in [2.45, 2.75) is 19.8 Å². The number of nitrogens with one attached hydrogen (secondary N) is 1. The van der Waals surface area contributed by atoms with E-state index in [4.69, 9.17) is 10.8 Å². The average Bonchev–Trinajstić information content (AvgIpc) is 2.59. The highest BCUT2D eigenvalue weighted by Crippen LogP contribution is 2.36. The minimum Gasteiger partial charge on any atom is -0.481 e. The number of carbonyl (C=O) groups is 3. The van der Waals surface area contributed by atoms with E-state index in [0.717, 1.165) is 0 Å². The summed E-state index contributed by atoms with van der Waals surface area (Å²) in [5, 5.41) is 8.97. The fourth-order valence-electron chi connectivity index (χ4n) is 2.11. The molecule has 1 aliphatic carbocycles. The Balaban J connectivity index is 2.49. The molecule has 0 aromatic carbocycles. The van der Waals surface area contributed by atoms with Crippen LogP contribution < -0.4 is 11.2 Å². The van der Waals surface area contributed by atoms with Crippen LogP contribution in [0.1, 0.15) is 19.8 Å². The molecule has 0 aliphatic heterocycles. The molecule has 0 saturated heterocycles. The van der Waals surface area contributed by atoms with Crippen molar-refractivity contribution in [3.63, 3.8) is 0 Å². The van der Waals surface area contributed by atoms with Gasteiger partial charge in [-0.15, -0.1) is 0 Å². The number of carboxylic acids is 1. The standard InChI is InChI=1S/C10H16N2O5/c1-5-2-6(7(3-5)10(15)16)9(14)12-17-4-8(11)13/h5-7H,2-4H2,1H3,(H2,11,13)(H,12,14)(H,15,16)/t5?,6-,7+/m0/s1. The molecule has 4 N–H and O–H groups in total. The van der Waals surface area contributed by atoms with Crippen molar-refractivity contribution in [3.05, 3.63) is 0 Å². The molecule has 3 atom stereocenters. The Hall–Kier alpha value is -1.63. The molecular formula is C10H16N2O5. The molecule has 0 aromatic heterocycles. The summed E-state index contributed by atoms with van der Waals surface area (Å²) in [5.74, 6) is -3.33. The molecule has 1 fully saturated rings. The second-order valence-corrected chi connectivity index (χ2v) is 4.35. The van der Waals surface area contributed by atoms with Gasteiger partial charge in [-0.25, -0.2) is 5.48 Å². The van der Waals surface area contributed by atoms with Gasteiger partial charge in [-0.3, -0.25) is 19.2 Å². The van der Waals surface area contributed by atoms with E-state index >= 15 is 0 Å². The topological polar surface area (TPSA) is 119 Å². The zero-order valence-corrected chi connectivity index (χ0v) is 9.51. The first-order valence-electron chi connectivity index (χ1n) is 5.34. The van der Waals surface area contributed by atoms with E-state index in [2.05, 4.69) is 10.3 Å². The van der Waals surface area contributed by atoms with Crippen molar-refractivity contribution < 1.29 is 24.3 Å². The maximum atomic E-state index is 11.6. The maximum Gasteiger partial charge on any atom is 0.307 e. The van der Waals surface area contributed by atoms with Gasteiger partial charge < -0.3 is 10.8 Å². The second-order valence-electron chi connectivity index (χ2n) is 4.35. The van der Waals surface area contributed by atoms with Gasteiger partial charge in [0.1, 0.15) is 0 Å². The Morgan fingerprint density at radius 3 is 2.47 bits per heavy atom. The summed E-state index contributed by atoms with van der Waals surface area (Å²) >= 11 is 0. The van der Waals surface area contributed by atoms with Crippen molar-refractivity contribution in [3.8, 4) is 0 Å². The Kier molecular flexibility index (Phi) is 4.45. The summed E-state index contributed by atoms with van der Waals surface area (Å²) in [7, 11) is 0. The first kappa shape index (κ1) is 13.4. The molecular weight excluding hydrogens is 228 g/mol. The van der Waals surface area contributed by atoms with Crippen LogP contribution in [0.25, 0.3) is 0 Å². The number of primary amides is 1. The summed E-state index contributed by atoms with van der Waals surface area (Å²) in [5.41, 5.74) is 6.88. The van der Waals surface area contributed by atoms with Crippen LogP contribution in [0.4, 0.5) is 0 Å². The molecule has 0 spiro atoms. The molecule has 1 unspecified atom stereocenters. The number of nitrogens with two attached hydrogens (primary N) is 1. The van der Waals surface area contributed by atoms with Crippen LogP contribution in [-0.4, -0.2) is 29.5 Å². The Labute approximate surface area is 98.3 Å². The summed E-state index contributed by atoms with van der Waals surface area (Å²) in [6.45, 7) is 1.47. The summed E-state index contributed by atoms with van der Waals surface area (Å²) in [6.07, 6.45) is 0.978. The Bertz CT molecular complexity index is 331. The summed E-state index contributed by atoms with van der Waals surface area (Å²) < 4.78 is 0. The molecule has 0 radical (unpaired) electrons. The van der Waals surface area contributed by atoms with Crippen LogP contribution in [0, 0.1) is 17.8 Å². The van der Waals surface area contributed by atoms with E-state index in [0.29, 0.717) is 12.8 Å². The molecule has 7 nitrogen and oxygen atoms in total. The van der Waals surface area contributed by atoms with Gasteiger partial charge >= 0.3 is 5.97 Å². The van der Waals surface area contributed by atoms with Gasteiger partial charge in [0.2, 0.25) is 11.8 Å². The van der Waals surface area contributed by atoms with Gasteiger partial charge in [-0.1, -0.05) is 6.92 Å². The molecule has 1 aliphatic rings. The van der Waals surface area contributed by atoms with E-state index < -0.39 is 36.2 Å². The van der Waals surface area contributed by atoms with Crippen LogP contribution in [0.3, 0.4) is 0 Å². The molecule has 7 heteroatoms. The molecule has 2 amide bonds. The number of aliphatic carboxylic acids is 1. The first-order valence-corrected chi connectivity index (χ1v) is 5.34. The van der Waals surface area contributed by atoms with E-state index in [-0.39, 0.29) is 5.92 Å². The Morgan fingerprint density at radius 2 is 1.94 bits per heavy atom. The van der Waals surface area contributed by atoms with Crippen LogP contribution in [0.5, 0.6) is 0 Å². The third-order valence-electron chi connectivity index (χ3n) is 2.84. The van der Waals surface area contributed by atoms with Crippen molar-refractivity contribution in [1.82, 2.24) is 5.48 Å². The summed E-state index contributed by atoms with van der Waals surface area (Å²) in [6, 6.07) is 0. The van der Waals surface area contributed by atoms with Crippen LogP contribution >= 0.6 is 0 Å². The third kappa shape index (κ3) is 3.70. The lowest BCUT2D eigenvalue weighted by Gasteiger charge is -2.14. The average molecular weight is 244 g/mol. The van der Waals surface area contributed by atoms with Crippen LogP contribution in [0.2, 0.25) is 0 Å². The highest BCUT2D eigenvalue weighted by Gasteiger charge is 2.41. The normalized spacial score (nSPS) is 27.7. The molecule has 0 heterocycles. The lowest BCUT2D eigenvalue weighted by atomic mass is 9.96. The summed E-state index contributed by atoms with van der Waals surface area (Å²) in [4.78, 5) is 37.5. The highest BCUT2D eigenvalue weighted by molar-refractivity contribution is 5.84. The van der Waals surface area contributed by atoms with Gasteiger partial charge in [0.05, 0.1) is 11.8 Å². The van der Waals surface area contributed by atoms with Crippen LogP contribution in [0.15, 0.2) is 0 Å². The Morgan fingerprint density at radius 1 is 1.35 bits per heavy atom. The van der Waals surface area contributed by atoms with E-state index in [1.165, 1.54) is 0 Å². The SMILES string of the molecule is CC1C[C@H](C(=O)NOCC(N)=O)[C@H](C(=O)O)C1. The minimum atomic E-state index is -0.982. The fraction of sp³-hybridized carbons (Fsp3) is 0.700. The number of hydroxylamine groups is 1. The lowest BCUT2D eigenvalue weighted by Crippen LogP contribution is -2.37. The number of amides is 2.